The molecule has 0 spiro atoms. The highest BCUT2D eigenvalue weighted by molar-refractivity contribution is 6.02. The van der Waals surface area contributed by atoms with Crippen molar-refractivity contribution in [3.8, 4) is 0 Å². The van der Waals surface area contributed by atoms with E-state index in [4.69, 9.17) is 0 Å². The summed E-state index contributed by atoms with van der Waals surface area (Å²) in [5.41, 5.74) is 0.725. The van der Waals surface area contributed by atoms with Crippen LogP contribution in [0.4, 0.5) is 11.4 Å². The molecule has 21 heavy (non-hydrogen) atoms. The number of nitro benzene ring substituents is 1. The lowest BCUT2D eigenvalue weighted by Crippen LogP contribution is -2.38. The number of benzene rings is 1. The normalized spacial score (nSPS) is 23.4. The lowest BCUT2D eigenvalue weighted by Gasteiger charge is -2.27. The molecule has 0 aromatic heterocycles. The maximum Gasteiger partial charge on any atom is 0.293 e. The Kier molecular flexibility index (Phi) is 3.53. The predicted octanol–water partition coefficient (Wildman–Crippen LogP) is 2.65. The lowest BCUT2D eigenvalue weighted by atomic mass is 10.1. The standard InChI is InChI=1S/C15H19N3O3/c1-2-16-14-12(4-3-5-13(14)18(20)21)15(19)17-9-10-6-7-11(17)8-10/h3-5,10-11,16H,2,6-9H2,1H3. The second-order valence-corrected chi connectivity index (χ2v) is 5.78. The van der Waals surface area contributed by atoms with E-state index >= 15 is 0 Å². The second kappa shape index (κ2) is 5.35. The smallest absolute Gasteiger partial charge is 0.293 e. The maximum atomic E-state index is 12.8. The first-order valence-corrected chi connectivity index (χ1v) is 7.44. The highest BCUT2D eigenvalue weighted by Gasteiger charge is 2.41. The number of likely N-dealkylation sites (tertiary alicyclic amines) is 1. The molecule has 1 saturated heterocycles. The van der Waals surface area contributed by atoms with Gasteiger partial charge >= 0.3 is 0 Å². The lowest BCUT2D eigenvalue weighted by molar-refractivity contribution is -0.384. The number of hydrogen-bond acceptors (Lipinski definition) is 4. The average Bonchev–Trinajstić information content (AvgIpc) is 3.09. The van der Waals surface area contributed by atoms with Crippen LogP contribution in [0, 0.1) is 16.0 Å². The Hall–Kier alpha value is -2.11. The molecule has 3 rings (SSSR count). The van der Waals surface area contributed by atoms with Gasteiger partial charge < -0.3 is 10.2 Å². The first kappa shape index (κ1) is 13.9. The number of nitrogens with zero attached hydrogens (tertiary/aromatic N) is 2. The molecule has 2 bridgehead atoms. The molecule has 112 valence electrons. The molecule has 1 saturated carbocycles. The van der Waals surface area contributed by atoms with E-state index < -0.39 is 4.92 Å². The van der Waals surface area contributed by atoms with Gasteiger partial charge in [-0.05, 0) is 38.2 Å². The fourth-order valence-corrected chi connectivity index (χ4v) is 3.56. The van der Waals surface area contributed by atoms with Crippen LogP contribution in [0.2, 0.25) is 0 Å². The molecule has 1 aliphatic carbocycles. The Balaban J connectivity index is 1.95. The number of carbonyl (C=O) groups is 1. The van der Waals surface area contributed by atoms with Crippen molar-refractivity contribution in [2.45, 2.75) is 32.2 Å². The number of para-hydroxylation sites is 1. The van der Waals surface area contributed by atoms with Gasteiger partial charge in [-0.2, -0.15) is 0 Å². The molecule has 1 N–H and O–H groups in total. The Morgan fingerprint density at radius 2 is 2.29 bits per heavy atom. The van der Waals surface area contributed by atoms with Crippen LogP contribution in [0.25, 0.3) is 0 Å². The summed E-state index contributed by atoms with van der Waals surface area (Å²) in [7, 11) is 0. The van der Waals surface area contributed by atoms with Crippen LogP contribution in [-0.4, -0.2) is 34.9 Å². The fourth-order valence-electron chi connectivity index (χ4n) is 3.56. The molecule has 1 aromatic rings. The fraction of sp³-hybridized carbons (Fsp3) is 0.533. The summed E-state index contributed by atoms with van der Waals surface area (Å²) in [6, 6.07) is 5.02. The number of carbonyl (C=O) groups excluding carboxylic acids is 1. The van der Waals surface area contributed by atoms with Crippen molar-refractivity contribution < 1.29 is 9.72 Å². The predicted molar refractivity (Wildman–Crippen MR) is 79.4 cm³/mol. The van der Waals surface area contributed by atoms with E-state index in [-0.39, 0.29) is 11.6 Å². The number of nitrogens with one attached hydrogen (secondary N) is 1. The third-order valence-electron chi connectivity index (χ3n) is 4.49. The van der Waals surface area contributed by atoms with Crippen molar-refractivity contribution in [1.82, 2.24) is 4.90 Å². The van der Waals surface area contributed by atoms with Crippen LogP contribution in [0.5, 0.6) is 0 Å². The minimum Gasteiger partial charge on any atom is -0.379 e. The third kappa shape index (κ3) is 2.34. The number of fused-ring (bicyclic) bond motifs is 2. The Labute approximate surface area is 123 Å². The van der Waals surface area contributed by atoms with E-state index in [0.29, 0.717) is 29.8 Å². The summed E-state index contributed by atoms with van der Waals surface area (Å²) in [4.78, 5) is 25.4. The zero-order valence-corrected chi connectivity index (χ0v) is 12.0. The van der Waals surface area contributed by atoms with Crippen LogP contribution in [-0.2, 0) is 0 Å². The summed E-state index contributed by atoms with van der Waals surface area (Å²) >= 11 is 0. The molecule has 1 amide bonds. The summed E-state index contributed by atoms with van der Waals surface area (Å²) in [6.07, 6.45) is 3.34. The largest absolute Gasteiger partial charge is 0.379 e. The molecular formula is C15H19N3O3. The van der Waals surface area contributed by atoms with E-state index in [1.54, 1.807) is 12.1 Å². The van der Waals surface area contributed by atoms with E-state index in [0.717, 1.165) is 19.4 Å². The summed E-state index contributed by atoms with van der Waals surface area (Å²) in [5.74, 6) is 0.530. The third-order valence-corrected chi connectivity index (χ3v) is 4.49. The molecule has 1 aliphatic heterocycles. The van der Waals surface area contributed by atoms with Gasteiger partial charge in [-0.25, -0.2) is 0 Å². The van der Waals surface area contributed by atoms with E-state index in [9.17, 15) is 14.9 Å². The van der Waals surface area contributed by atoms with E-state index in [1.807, 2.05) is 11.8 Å². The minimum atomic E-state index is -0.440. The molecule has 0 radical (unpaired) electrons. The zero-order valence-electron chi connectivity index (χ0n) is 12.0. The van der Waals surface area contributed by atoms with Crippen LogP contribution in [0.15, 0.2) is 18.2 Å². The Morgan fingerprint density at radius 3 is 2.86 bits per heavy atom. The summed E-state index contributed by atoms with van der Waals surface area (Å²) in [6.45, 7) is 3.19. The van der Waals surface area contributed by atoms with E-state index in [1.165, 1.54) is 12.5 Å². The first-order valence-electron chi connectivity index (χ1n) is 7.44. The van der Waals surface area contributed by atoms with Gasteiger partial charge in [0, 0.05) is 25.2 Å². The maximum absolute atomic E-state index is 12.8. The number of anilines is 1. The topological polar surface area (TPSA) is 75.5 Å². The SMILES string of the molecule is CCNc1c(C(=O)N2CC3CCC2C3)cccc1[N+](=O)[O-]. The van der Waals surface area contributed by atoms with Gasteiger partial charge in [0.15, 0.2) is 0 Å². The molecule has 1 heterocycles. The number of hydrogen-bond donors (Lipinski definition) is 1. The van der Waals surface area contributed by atoms with Crippen LogP contribution < -0.4 is 5.32 Å². The number of nitro groups is 1. The van der Waals surface area contributed by atoms with Crippen molar-refractivity contribution in [3.05, 3.63) is 33.9 Å². The van der Waals surface area contributed by atoms with Gasteiger partial charge in [-0.15, -0.1) is 0 Å². The molecule has 2 unspecified atom stereocenters. The summed E-state index contributed by atoms with van der Waals surface area (Å²) < 4.78 is 0. The molecule has 2 atom stereocenters. The van der Waals surface area contributed by atoms with Gasteiger partial charge in [0.25, 0.3) is 11.6 Å². The van der Waals surface area contributed by atoms with Crippen molar-refractivity contribution >= 4 is 17.3 Å². The molecular weight excluding hydrogens is 270 g/mol. The summed E-state index contributed by atoms with van der Waals surface area (Å²) in [5, 5.41) is 14.1. The Bertz CT molecular complexity index is 588. The van der Waals surface area contributed by atoms with Crippen molar-refractivity contribution in [3.63, 3.8) is 0 Å². The highest BCUT2D eigenvalue weighted by atomic mass is 16.6. The van der Waals surface area contributed by atoms with Gasteiger partial charge in [0.05, 0.1) is 10.5 Å². The van der Waals surface area contributed by atoms with Gasteiger partial charge in [-0.1, -0.05) is 6.07 Å². The monoisotopic (exact) mass is 289 g/mol. The van der Waals surface area contributed by atoms with Gasteiger partial charge in [-0.3, -0.25) is 14.9 Å². The average molecular weight is 289 g/mol. The molecule has 1 aromatic carbocycles. The minimum absolute atomic E-state index is 0.0351. The number of amides is 1. The van der Waals surface area contributed by atoms with Crippen molar-refractivity contribution in [2.24, 2.45) is 5.92 Å². The number of piperidine rings is 1. The second-order valence-electron chi connectivity index (χ2n) is 5.78. The van der Waals surface area contributed by atoms with Crippen molar-refractivity contribution in [1.29, 1.82) is 0 Å². The Morgan fingerprint density at radius 1 is 1.48 bits per heavy atom. The molecule has 6 nitrogen and oxygen atoms in total. The van der Waals surface area contributed by atoms with Gasteiger partial charge in [0.1, 0.15) is 5.69 Å². The van der Waals surface area contributed by atoms with Crippen LogP contribution in [0.1, 0.15) is 36.5 Å². The first-order chi connectivity index (χ1) is 10.1. The van der Waals surface area contributed by atoms with Gasteiger partial charge in [0.2, 0.25) is 0 Å². The molecule has 2 aliphatic rings. The molecule has 6 heteroatoms. The van der Waals surface area contributed by atoms with Crippen molar-refractivity contribution in [2.75, 3.05) is 18.4 Å². The number of rotatable bonds is 4. The highest BCUT2D eigenvalue weighted by Crippen LogP contribution is 2.39. The van der Waals surface area contributed by atoms with Crippen LogP contribution in [0.3, 0.4) is 0 Å². The quantitative estimate of drug-likeness (QED) is 0.683. The van der Waals surface area contributed by atoms with Crippen LogP contribution >= 0.6 is 0 Å². The molecule has 2 fully saturated rings. The zero-order chi connectivity index (χ0) is 15.0. The van der Waals surface area contributed by atoms with E-state index in [2.05, 4.69) is 5.32 Å².